The van der Waals surface area contributed by atoms with E-state index in [9.17, 15) is 4.79 Å². The van der Waals surface area contributed by atoms with Crippen molar-refractivity contribution in [2.24, 2.45) is 5.92 Å². The van der Waals surface area contributed by atoms with Crippen LogP contribution in [0.25, 0.3) is 0 Å². The van der Waals surface area contributed by atoms with Crippen LogP contribution in [0.2, 0.25) is 5.28 Å². The zero-order chi connectivity index (χ0) is 18.3. The summed E-state index contributed by atoms with van der Waals surface area (Å²) >= 11 is 5.73. The van der Waals surface area contributed by atoms with Crippen molar-refractivity contribution in [3.63, 3.8) is 0 Å². The maximum atomic E-state index is 12.9. The molecule has 0 aromatic carbocycles. The van der Waals surface area contributed by atoms with Gasteiger partial charge >= 0.3 is 0 Å². The maximum absolute atomic E-state index is 12.9. The van der Waals surface area contributed by atoms with E-state index in [1.807, 2.05) is 9.58 Å². The zero-order valence-electron chi connectivity index (χ0n) is 15.2. The Bertz CT molecular complexity index is 795. The molecule has 2 aromatic rings. The zero-order valence-corrected chi connectivity index (χ0v) is 15.9. The second kappa shape index (κ2) is 6.98. The van der Waals surface area contributed by atoms with Crippen molar-refractivity contribution < 1.29 is 4.79 Å². The maximum Gasteiger partial charge on any atom is 0.242 e. The fourth-order valence-corrected chi connectivity index (χ4v) is 3.67. The highest BCUT2D eigenvalue weighted by molar-refractivity contribution is 6.28. The van der Waals surface area contributed by atoms with Crippen LogP contribution >= 0.6 is 11.6 Å². The molecule has 0 saturated heterocycles. The molecule has 0 bridgehead atoms. The average molecular weight is 378 g/mol. The van der Waals surface area contributed by atoms with Crippen LogP contribution in [0.3, 0.4) is 0 Å². The number of nitrogens with one attached hydrogen (secondary N) is 1. The largest absolute Gasteiger partial charge is 0.331 e. The lowest BCUT2D eigenvalue weighted by Crippen LogP contribution is -2.43. The molecule has 1 amide bonds. The highest BCUT2D eigenvalue weighted by Gasteiger charge is 2.36. The van der Waals surface area contributed by atoms with Gasteiger partial charge in [-0.3, -0.25) is 9.89 Å². The van der Waals surface area contributed by atoms with Crippen molar-refractivity contribution in [2.45, 2.75) is 64.5 Å². The lowest BCUT2D eigenvalue weighted by molar-refractivity contribution is -0.135. The number of aromatic amines is 1. The van der Waals surface area contributed by atoms with Gasteiger partial charge < -0.3 is 4.90 Å². The highest BCUT2D eigenvalue weighted by atomic mass is 35.5. The quantitative estimate of drug-likeness (QED) is 0.834. The second-order valence-corrected chi connectivity index (χ2v) is 7.95. The third-order valence-electron chi connectivity index (χ3n) is 4.98. The number of rotatable bonds is 6. The van der Waals surface area contributed by atoms with Gasteiger partial charge in [-0.2, -0.15) is 5.10 Å². The van der Waals surface area contributed by atoms with E-state index in [0.29, 0.717) is 43.6 Å². The number of carbonyl (C=O) groups is 1. The predicted octanol–water partition coefficient (Wildman–Crippen LogP) is 2.49. The van der Waals surface area contributed by atoms with Crippen LogP contribution in [0.4, 0.5) is 0 Å². The minimum atomic E-state index is -0.00503. The molecule has 1 atom stereocenters. The molecule has 9 heteroatoms. The molecule has 1 N–H and O–H groups in total. The number of aromatic nitrogens is 6. The Kier molecular flexibility index (Phi) is 4.69. The number of hydrogen-bond donors (Lipinski definition) is 1. The summed E-state index contributed by atoms with van der Waals surface area (Å²) in [6.45, 7) is 5.74. The summed E-state index contributed by atoms with van der Waals surface area (Å²) in [5.74, 6) is 3.65. The first-order chi connectivity index (χ1) is 12.5. The number of hydrogen-bond acceptors (Lipinski definition) is 5. The lowest BCUT2D eigenvalue weighted by atomic mass is 9.99. The number of halogens is 1. The first kappa shape index (κ1) is 17.5. The molecule has 0 spiro atoms. The third-order valence-corrected chi connectivity index (χ3v) is 5.15. The van der Waals surface area contributed by atoms with Crippen LogP contribution in [0, 0.1) is 5.92 Å². The van der Waals surface area contributed by atoms with Crippen LogP contribution in [0.5, 0.6) is 0 Å². The van der Waals surface area contributed by atoms with Crippen LogP contribution in [0.1, 0.15) is 69.0 Å². The van der Waals surface area contributed by atoms with Gasteiger partial charge in [0.1, 0.15) is 11.6 Å². The molecule has 1 aliphatic heterocycles. The van der Waals surface area contributed by atoms with Crippen LogP contribution < -0.4 is 0 Å². The minimum absolute atomic E-state index is 0.00503. The smallest absolute Gasteiger partial charge is 0.242 e. The summed E-state index contributed by atoms with van der Waals surface area (Å²) in [6, 6.07) is -0.00503. The molecular weight excluding hydrogens is 354 g/mol. The van der Waals surface area contributed by atoms with Gasteiger partial charge in [0.2, 0.25) is 11.2 Å². The molecule has 4 rings (SSSR count). The first-order valence-corrected chi connectivity index (χ1v) is 9.70. The molecule has 140 valence electrons. The number of carbonyl (C=O) groups excluding carboxylic acids is 1. The summed E-state index contributed by atoms with van der Waals surface area (Å²) in [7, 11) is 0. The topological polar surface area (TPSA) is 92.6 Å². The van der Waals surface area contributed by atoms with Gasteiger partial charge in [-0.25, -0.2) is 14.6 Å². The molecule has 0 unspecified atom stereocenters. The van der Waals surface area contributed by atoms with Crippen molar-refractivity contribution in [1.29, 1.82) is 0 Å². The summed E-state index contributed by atoms with van der Waals surface area (Å²) in [4.78, 5) is 23.8. The lowest BCUT2D eigenvalue weighted by Gasteiger charge is -2.36. The van der Waals surface area contributed by atoms with Crippen molar-refractivity contribution in [2.75, 3.05) is 6.54 Å². The van der Waals surface area contributed by atoms with E-state index < -0.39 is 0 Å². The van der Waals surface area contributed by atoms with E-state index in [2.05, 4.69) is 29.0 Å². The van der Waals surface area contributed by atoms with Gasteiger partial charge in [-0.05, 0) is 36.8 Å². The van der Waals surface area contributed by atoms with Gasteiger partial charge in [-0.15, -0.1) is 5.10 Å². The second-order valence-electron chi connectivity index (χ2n) is 7.61. The molecule has 3 heterocycles. The van der Waals surface area contributed by atoms with Crippen LogP contribution in [0.15, 0.2) is 0 Å². The van der Waals surface area contributed by atoms with E-state index >= 15 is 0 Å². The fraction of sp³-hybridized carbons (Fsp3) is 0.706. The highest BCUT2D eigenvalue weighted by Crippen LogP contribution is 2.40. The Morgan fingerprint density at radius 2 is 2.12 bits per heavy atom. The van der Waals surface area contributed by atoms with Crippen molar-refractivity contribution in [3.05, 3.63) is 22.8 Å². The first-order valence-electron chi connectivity index (χ1n) is 9.32. The van der Waals surface area contributed by atoms with Gasteiger partial charge in [-0.1, -0.05) is 13.8 Å². The molecule has 1 fully saturated rings. The molecular formula is C17H24ClN7O. The fourth-order valence-electron chi connectivity index (χ4n) is 3.53. The van der Waals surface area contributed by atoms with Gasteiger partial charge in [0.05, 0.1) is 12.6 Å². The molecule has 1 saturated carbocycles. The Morgan fingerprint density at radius 3 is 2.77 bits per heavy atom. The third kappa shape index (κ3) is 3.60. The number of nitrogens with zero attached hydrogens (tertiary/aromatic N) is 6. The predicted molar refractivity (Wildman–Crippen MR) is 95.6 cm³/mol. The molecule has 1 aliphatic carbocycles. The standard InChI is InChI=1S/C17H24ClN7O/c1-10(2)9-12-16-20-15(11-3-4-11)23-25(16)8-7-24(12)14(26)6-5-13-19-17(18)22-21-13/h10-12H,3-9H2,1-2H3,(H,19,21,22)/t12-/m0/s1. The van der Waals surface area contributed by atoms with E-state index in [1.165, 1.54) is 12.8 Å². The van der Waals surface area contributed by atoms with E-state index in [0.717, 1.165) is 18.1 Å². The summed E-state index contributed by atoms with van der Waals surface area (Å²) in [6.07, 6.45) is 4.14. The SMILES string of the molecule is CC(C)C[C@H]1c2nc(C3CC3)nn2CCN1C(=O)CCc1nc(Cl)n[nH]1. The van der Waals surface area contributed by atoms with Crippen molar-refractivity contribution in [1.82, 2.24) is 34.8 Å². The molecule has 26 heavy (non-hydrogen) atoms. The van der Waals surface area contributed by atoms with Crippen LogP contribution in [-0.4, -0.2) is 47.3 Å². The number of H-pyrrole nitrogens is 1. The normalized spacial score (nSPS) is 19.8. The molecule has 0 radical (unpaired) electrons. The Morgan fingerprint density at radius 1 is 1.31 bits per heavy atom. The van der Waals surface area contributed by atoms with E-state index in [1.54, 1.807) is 0 Å². The Balaban J connectivity index is 1.50. The van der Waals surface area contributed by atoms with E-state index in [4.69, 9.17) is 21.7 Å². The van der Waals surface area contributed by atoms with Crippen LogP contribution in [-0.2, 0) is 17.8 Å². The van der Waals surface area contributed by atoms with Crippen molar-refractivity contribution in [3.8, 4) is 0 Å². The van der Waals surface area contributed by atoms with Gasteiger partial charge in [0, 0.05) is 25.3 Å². The number of amides is 1. The Labute approximate surface area is 157 Å². The summed E-state index contributed by atoms with van der Waals surface area (Å²) in [5, 5.41) is 11.4. The summed E-state index contributed by atoms with van der Waals surface area (Å²) < 4.78 is 2.01. The Hall–Kier alpha value is -1.96. The minimum Gasteiger partial charge on any atom is -0.331 e. The van der Waals surface area contributed by atoms with Gasteiger partial charge in [0.25, 0.3) is 0 Å². The van der Waals surface area contributed by atoms with E-state index in [-0.39, 0.29) is 17.2 Å². The van der Waals surface area contributed by atoms with Crippen molar-refractivity contribution >= 4 is 17.5 Å². The average Bonchev–Trinajstić information content (AvgIpc) is 3.22. The van der Waals surface area contributed by atoms with Gasteiger partial charge in [0.15, 0.2) is 5.82 Å². The summed E-state index contributed by atoms with van der Waals surface area (Å²) in [5.41, 5.74) is 0. The number of aryl methyl sites for hydroxylation is 1. The molecule has 8 nitrogen and oxygen atoms in total. The molecule has 2 aliphatic rings. The monoisotopic (exact) mass is 377 g/mol. The number of fused-ring (bicyclic) bond motifs is 1. The molecule has 2 aromatic heterocycles.